The van der Waals surface area contributed by atoms with Crippen molar-refractivity contribution < 1.29 is 9.59 Å². The second-order valence-corrected chi connectivity index (χ2v) is 7.39. The van der Waals surface area contributed by atoms with E-state index in [-0.39, 0.29) is 23.5 Å². The lowest BCUT2D eigenvalue weighted by Crippen LogP contribution is -2.35. The van der Waals surface area contributed by atoms with Crippen LogP contribution in [0, 0.1) is 13.8 Å². The normalized spacial score (nSPS) is 16.2. The molecule has 1 aliphatic rings. The number of carbonyl (C=O) groups excluding carboxylic acids is 2. The monoisotopic (exact) mass is 358 g/mol. The van der Waals surface area contributed by atoms with Crippen LogP contribution in [0.4, 0.5) is 5.69 Å². The maximum atomic E-state index is 12.1. The zero-order valence-corrected chi connectivity index (χ0v) is 15.2. The topological polar surface area (TPSA) is 76.0 Å². The van der Waals surface area contributed by atoms with Crippen LogP contribution in [-0.4, -0.2) is 33.4 Å². The number of thioether (sulfide) groups is 1. The molecule has 1 atom stereocenters. The molecule has 6 nitrogen and oxygen atoms in total. The van der Waals surface area contributed by atoms with Crippen LogP contribution >= 0.6 is 11.8 Å². The fourth-order valence-electron chi connectivity index (χ4n) is 2.83. The van der Waals surface area contributed by atoms with Crippen molar-refractivity contribution in [2.24, 2.45) is 0 Å². The average molecular weight is 358 g/mol. The minimum absolute atomic E-state index is 0.0969. The van der Waals surface area contributed by atoms with Crippen molar-refractivity contribution in [1.82, 2.24) is 15.1 Å². The van der Waals surface area contributed by atoms with Gasteiger partial charge in [-0.3, -0.25) is 14.3 Å². The van der Waals surface area contributed by atoms with Crippen molar-refractivity contribution in [2.45, 2.75) is 43.4 Å². The Morgan fingerprint density at radius 1 is 1.36 bits per heavy atom. The number of hydrogen-bond acceptors (Lipinski definition) is 4. The molecule has 1 aromatic heterocycles. The zero-order valence-electron chi connectivity index (χ0n) is 14.4. The van der Waals surface area contributed by atoms with Crippen LogP contribution in [-0.2, 0) is 16.1 Å². The highest BCUT2D eigenvalue weighted by molar-refractivity contribution is 8.01. The van der Waals surface area contributed by atoms with Crippen LogP contribution in [0.2, 0.25) is 0 Å². The smallest absolute Gasteiger partial charge is 0.238 e. The SMILES string of the molecule is Cc1cc(C)n(CCCNC(=O)C[C@@H]2Sc3ccccc3NC2=O)n1. The Kier molecular flexibility index (Phi) is 5.43. The first-order chi connectivity index (χ1) is 12.0. The van der Waals surface area contributed by atoms with Crippen LogP contribution in [0.15, 0.2) is 35.2 Å². The standard InChI is InChI=1S/C18H22N4O2S/c1-12-10-13(2)22(21-12)9-5-8-19-17(23)11-16-18(24)20-14-6-3-4-7-15(14)25-16/h3-4,6-7,10,16H,5,8-9,11H2,1-2H3,(H,19,23)(H,20,24)/t16-/m0/s1. The van der Waals surface area contributed by atoms with Gasteiger partial charge in [0.15, 0.2) is 0 Å². The molecule has 0 spiro atoms. The van der Waals surface area contributed by atoms with E-state index in [0.717, 1.165) is 34.9 Å². The molecular weight excluding hydrogens is 336 g/mol. The summed E-state index contributed by atoms with van der Waals surface area (Å²) in [6, 6.07) is 9.68. The molecule has 7 heteroatoms. The van der Waals surface area contributed by atoms with E-state index in [4.69, 9.17) is 0 Å². The Bertz CT molecular complexity index is 787. The first-order valence-corrected chi connectivity index (χ1v) is 9.25. The van der Waals surface area contributed by atoms with Gasteiger partial charge in [0, 0.05) is 30.1 Å². The molecular formula is C18H22N4O2S. The number of fused-ring (bicyclic) bond motifs is 1. The Morgan fingerprint density at radius 3 is 2.92 bits per heavy atom. The Labute approximate surface area is 151 Å². The van der Waals surface area contributed by atoms with Crippen LogP contribution < -0.4 is 10.6 Å². The van der Waals surface area contributed by atoms with Crippen molar-refractivity contribution in [3.8, 4) is 0 Å². The first kappa shape index (κ1) is 17.5. The quantitative estimate of drug-likeness (QED) is 0.778. The molecule has 2 aromatic rings. The number of amides is 2. The van der Waals surface area contributed by atoms with Gasteiger partial charge >= 0.3 is 0 Å². The molecule has 0 aliphatic carbocycles. The molecule has 1 aliphatic heterocycles. The molecule has 0 saturated carbocycles. The maximum absolute atomic E-state index is 12.1. The maximum Gasteiger partial charge on any atom is 0.238 e. The molecule has 3 rings (SSSR count). The molecule has 0 unspecified atom stereocenters. The van der Waals surface area contributed by atoms with Crippen LogP contribution in [0.25, 0.3) is 0 Å². The Hall–Kier alpha value is -2.28. The van der Waals surface area contributed by atoms with E-state index >= 15 is 0 Å². The number of nitrogens with one attached hydrogen (secondary N) is 2. The molecule has 0 fully saturated rings. The summed E-state index contributed by atoms with van der Waals surface area (Å²) in [7, 11) is 0. The van der Waals surface area contributed by atoms with Crippen molar-refractivity contribution >= 4 is 29.3 Å². The average Bonchev–Trinajstić information content (AvgIpc) is 2.90. The van der Waals surface area contributed by atoms with Crippen LogP contribution in [0.1, 0.15) is 24.2 Å². The molecule has 0 saturated heterocycles. The first-order valence-electron chi connectivity index (χ1n) is 8.37. The lowest BCUT2D eigenvalue weighted by Gasteiger charge is -2.23. The highest BCUT2D eigenvalue weighted by Crippen LogP contribution is 2.36. The second-order valence-electron chi connectivity index (χ2n) is 6.15. The third kappa shape index (κ3) is 4.42. The van der Waals surface area contributed by atoms with E-state index in [1.807, 2.05) is 48.9 Å². The van der Waals surface area contributed by atoms with Gasteiger partial charge in [0.25, 0.3) is 0 Å². The van der Waals surface area contributed by atoms with E-state index < -0.39 is 0 Å². The third-order valence-corrected chi connectivity index (χ3v) is 5.32. The number of nitrogens with zero attached hydrogens (tertiary/aromatic N) is 2. The van der Waals surface area contributed by atoms with Gasteiger partial charge in [-0.05, 0) is 38.5 Å². The van der Waals surface area contributed by atoms with Gasteiger partial charge in [-0.1, -0.05) is 12.1 Å². The van der Waals surface area contributed by atoms with Gasteiger partial charge in [-0.15, -0.1) is 11.8 Å². The molecule has 2 heterocycles. The zero-order chi connectivity index (χ0) is 17.8. The predicted molar refractivity (Wildman–Crippen MR) is 98.7 cm³/mol. The number of aromatic nitrogens is 2. The van der Waals surface area contributed by atoms with E-state index in [0.29, 0.717) is 6.54 Å². The van der Waals surface area contributed by atoms with Crippen molar-refractivity contribution in [2.75, 3.05) is 11.9 Å². The van der Waals surface area contributed by atoms with Gasteiger partial charge in [0.2, 0.25) is 11.8 Å². The number of hydrogen-bond donors (Lipinski definition) is 2. The van der Waals surface area contributed by atoms with Gasteiger partial charge in [-0.25, -0.2) is 0 Å². The second kappa shape index (κ2) is 7.74. The molecule has 0 bridgehead atoms. The van der Waals surface area contributed by atoms with Crippen LogP contribution in [0.5, 0.6) is 0 Å². The molecule has 1 aromatic carbocycles. The van der Waals surface area contributed by atoms with E-state index in [1.54, 1.807) is 0 Å². The molecule has 2 amide bonds. The summed E-state index contributed by atoms with van der Waals surface area (Å²) in [4.78, 5) is 25.3. The number of carbonyl (C=O) groups is 2. The summed E-state index contributed by atoms with van der Waals surface area (Å²) < 4.78 is 1.95. The van der Waals surface area contributed by atoms with E-state index in [2.05, 4.69) is 15.7 Å². The summed E-state index contributed by atoms with van der Waals surface area (Å²) in [6.07, 6.45) is 0.991. The van der Waals surface area contributed by atoms with Gasteiger partial charge in [0.1, 0.15) is 0 Å². The van der Waals surface area contributed by atoms with E-state index in [9.17, 15) is 9.59 Å². The number of rotatable bonds is 6. The fraction of sp³-hybridized carbons (Fsp3) is 0.389. The summed E-state index contributed by atoms with van der Waals surface area (Å²) in [5.41, 5.74) is 2.94. The molecule has 25 heavy (non-hydrogen) atoms. The number of para-hydroxylation sites is 1. The fourth-order valence-corrected chi connectivity index (χ4v) is 3.94. The molecule has 0 radical (unpaired) electrons. The largest absolute Gasteiger partial charge is 0.356 e. The van der Waals surface area contributed by atoms with Crippen molar-refractivity contribution in [1.29, 1.82) is 0 Å². The van der Waals surface area contributed by atoms with Crippen LogP contribution in [0.3, 0.4) is 0 Å². The summed E-state index contributed by atoms with van der Waals surface area (Å²) >= 11 is 1.45. The molecule has 2 N–H and O–H groups in total. The number of benzene rings is 1. The Morgan fingerprint density at radius 2 is 2.16 bits per heavy atom. The minimum Gasteiger partial charge on any atom is -0.356 e. The lowest BCUT2D eigenvalue weighted by atomic mass is 10.2. The van der Waals surface area contributed by atoms with Crippen molar-refractivity contribution in [3.63, 3.8) is 0 Å². The summed E-state index contributed by atoms with van der Waals surface area (Å²) in [6.45, 7) is 5.34. The number of anilines is 1. The lowest BCUT2D eigenvalue weighted by molar-refractivity contribution is -0.124. The molecule has 132 valence electrons. The third-order valence-electron chi connectivity index (χ3n) is 4.05. The van der Waals surface area contributed by atoms with Gasteiger partial charge in [0.05, 0.1) is 16.6 Å². The minimum atomic E-state index is -0.383. The summed E-state index contributed by atoms with van der Waals surface area (Å²) in [5.74, 6) is -0.207. The highest BCUT2D eigenvalue weighted by atomic mass is 32.2. The highest BCUT2D eigenvalue weighted by Gasteiger charge is 2.28. The number of aryl methyl sites for hydroxylation is 3. The van der Waals surface area contributed by atoms with Gasteiger partial charge in [-0.2, -0.15) is 5.10 Å². The predicted octanol–water partition coefficient (Wildman–Crippen LogP) is 2.51. The Balaban J connectivity index is 1.43. The van der Waals surface area contributed by atoms with Crippen molar-refractivity contribution in [3.05, 3.63) is 41.7 Å². The van der Waals surface area contributed by atoms with E-state index in [1.165, 1.54) is 11.8 Å². The summed E-state index contributed by atoms with van der Waals surface area (Å²) in [5, 5.41) is 9.77. The van der Waals surface area contributed by atoms with Gasteiger partial charge < -0.3 is 10.6 Å².